The van der Waals surface area contributed by atoms with E-state index < -0.39 is 10.0 Å². The zero-order chi connectivity index (χ0) is 14.6. The van der Waals surface area contributed by atoms with Gasteiger partial charge in [-0.05, 0) is 30.2 Å². The van der Waals surface area contributed by atoms with Crippen LogP contribution in [-0.2, 0) is 23.0 Å². The molecule has 0 radical (unpaired) electrons. The van der Waals surface area contributed by atoms with E-state index in [4.69, 9.17) is 17.3 Å². The number of rotatable bonds is 6. The van der Waals surface area contributed by atoms with E-state index >= 15 is 0 Å². The van der Waals surface area contributed by atoms with Gasteiger partial charge in [0.25, 0.3) is 0 Å². The second-order valence-corrected chi connectivity index (χ2v) is 7.43. The summed E-state index contributed by atoms with van der Waals surface area (Å²) in [6.07, 6.45) is 0.615. The Morgan fingerprint density at radius 2 is 1.95 bits per heavy atom. The number of hydrogen-bond acceptors (Lipinski definition) is 4. The van der Waals surface area contributed by atoms with Crippen molar-refractivity contribution in [2.24, 2.45) is 5.73 Å². The monoisotopic (exact) mass is 330 g/mol. The lowest BCUT2D eigenvalue weighted by molar-refractivity contribution is 0.582. The van der Waals surface area contributed by atoms with Crippen LogP contribution in [0.5, 0.6) is 0 Å². The summed E-state index contributed by atoms with van der Waals surface area (Å²) in [6, 6.07) is 8.95. The molecule has 0 fully saturated rings. The molecule has 0 aliphatic rings. The SMILES string of the molecule is NCc1cc(S(=O)(=O)NCCc2ccc(Cl)cc2)cs1. The minimum Gasteiger partial charge on any atom is -0.326 e. The van der Waals surface area contributed by atoms with Crippen molar-refractivity contribution < 1.29 is 8.42 Å². The first kappa shape index (κ1) is 15.5. The van der Waals surface area contributed by atoms with Crippen LogP contribution in [0.25, 0.3) is 0 Å². The summed E-state index contributed by atoms with van der Waals surface area (Å²) in [5, 5.41) is 2.27. The van der Waals surface area contributed by atoms with Crippen molar-refractivity contribution in [2.45, 2.75) is 17.9 Å². The molecule has 0 aliphatic heterocycles. The van der Waals surface area contributed by atoms with E-state index in [9.17, 15) is 8.42 Å². The topological polar surface area (TPSA) is 72.2 Å². The van der Waals surface area contributed by atoms with Gasteiger partial charge in [0.05, 0.1) is 4.90 Å². The minimum atomic E-state index is -3.45. The molecule has 0 aliphatic carbocycles. The van der Waals surface area contributed by atoms with Gasteiger partial charge in [0, 0.05) is 28.4 Å². The molecule has 1 aromatic heterocycles. The number of hydrogen-bond donors (Lipinski definition) is 2. The lowest BCUT2D eigenvalue weighted by Gasteiger charge is -2.05. The molecule has 7 heteroatoms. The molecule has 0 spiro atoms. The third-order valence-electron chi connectivity index (χ3n) is 2.76. The molecule has 1 aromatic carbocycles. The molecular weight excluding hydrogens is 316 g/mol. The lowest BCUT2D eigenvalue weighted by Crippen LogP contribution is -2.25. The third kappa shape index (κ3) is 4.04. The van der Waals surface area contributed by atoms with Crippen LogP contribution in [0.3, 0.4) is 0 Å². The molecule has 0 bridgehead atoms. The molecule has 2 aromatic rings. The molecule has 0 amide bonds. The van der Waals surface area contributed by atoms with Crippen LogP contribution < -0.4 is 10.5 Å². The quantitative estimate of drug-likeness (QED) is 0.854. The summed E-state index contributed by atoms with van der Waals surface area (Å²) in [4.78, 5) is 1.13. The van der Waals surface area contributed by atoms with Crippen molar-refractivity contribution in [3.8, 4) is 0 Å². The first-order valence-electron chi connectivity index (χ1n) is 6.03. The molecular formula is C13H15ClN2O2S2. The van der Waals surface area contributed by atoms with E-state index in [0.717, 1.165) is 10.4 Å². The summed E-state index contributed by atoms with van der Waals surface area (Å²) in [5.74, 6) is 0. The normalized spacial score (nSPS) is 11.7. The van der Waals surface area contributed by atoms with Crippen LogP contribution in [0.1, 0.15) is 10.4 Å². The Kier molecular flexibility index (Phi) is 5.17. The zero-order valence-electron chi connectivity index (χ0n) is 10.7. The summed E-state index contributed by atoms with van der Waals surface area (Å²) in [6.45, 7) is 0.697. The van der Waals surface area contributed by atoms with E-state index in [1.807, 2.05) is 12.1 Å². The number of benzene rings is 1. The van der Waals surface area contributed by atoms with Gasteiger partial charge in [0.15, 0.2) is 0 Å². The van der Waals surface area contributed by atoms with Crippen LogP contribution in [0.15, 0.2) is 40.6 Å². The van der Waals surface area contributed by atoms with Crippen LogP contribution in [0, 0.1) is 0 Å². The largest absolute Gasteiger partial charge is 0.326 e. The molecule has 0 saturated heterocycles. The van der Waals surface area contributed by atoms with Crippen LogP contribution in [0.2, 0.25) is 5.02 Å². The van der Waals surface area contributed by atoms with Gasteiger partial charge in [0.2, 0.25) is 10.0 Å². The Hall–Kier alpha value is -0.920. The molecule has 108 valence electrons. The highest BCUT2D eigenvalue weighted by Crippen LogP contribution is 2.18. The number of halogens is 1. The summed E-state index contributed by atoms with van der Waals surface area (Å²) < 4.78 is 26.7. The lowest BCUT2D eigenvalue weighted by atomic mass is 10.2. The minimum absolute atomic E-state index is 0.277. The number of thiophene rings is 1. The van der Waals surface area contributed by atoms with E-state index in [1.54, 1.807) is 23.6 Å². The first-order chi connectivity index (χ1) is 9.51. The predicted molar refractivity (Wildman–Crippen MR) is 82.6 cm³/mol. The maximum absolute atomic E-state index is 12.0. The van der Waals surface area contributed by atoms with E-state index in [-0.39, 0.29) is 4.90 Å². The van der Waals surface area contributed by atoms with E-state index in [2.05, 4.69) is 4.72 Å². The van der Waals surface area contributed by atoms with Gasteiger partial charge in [-0.25, -0.2) is 13.1 Å². The first-order valence-corrected chi connectivity index (χ1v) is 8.77. The molecule has 0 saturated carbocycles. The van der Waals surface area contributed by atoms with Crippen LogP contribution in [-0.4, -0.2) is 15.0 Å². The number of sulfonamides is 1. The standard InChI is InChI=1S/C13H15ClN2O2S2/c14-11-3-1-10(2-4-11)5-6-16-20(17,18)13-7-12(8-15)19-9-13/h1-4,7,9,16H,5-6,8,15H2. The molecule has 2 rings (SSSR count). The summed E-state index contributed by atoms with van der Waals surface area (Å²) in [7, 11) is -3.45. The molecule has 1 heterocycles. The van der Waals surface area contributed by atoms with Crippen molar-refractivity contribution in [1.82, 2.24) is 4.72 Å². The smallest absolute Gasteiger partial charge is 0.241 e. The van der Waals surface area contributed by atoms with Crippen molar-refractivity contribution in [3.05, 3.63) is 51.2 Å². The maximum Gasteiger partial charge on any atom is 0.241 e. The molecule has 4 nitrogen and oxygen atoms in total. The summed E-state index contributed by atoms with van der Waals surface area (Å²) in [5.41, 5.74) is 6.51. The fourth-order valence-corrected chi connectivity index (χ4v) is 3.99. The average molecular weight is 331 g/mol. The van der Waals surface area contributed by atoms with E-state index in [1.165, 1.54) is 11.3 Å². The Balaban J connectivity index is 1.94. The maximum atomic E-state index is 12.0. The van der Waals surface area contributed by atoms with Crippen LogP contribution in [0.4, 0.5) is 0 Å². The zero-order valence-corrected chi connectivity index (χ0v) is 13.1. The predicted octanol–water partition coefficient (Wildman–Crippen LogP) is 2.38. The van der Waals surface area contributed by atoms with Crippen LogP contribution >= 0.6 is 22.9 Å². The van der Waals surface area contributed by atoms with Gasteiger partial charge in [0.1, 0.15) is 0 Å². The Morgan fingerprint density at radius 1 is 1.25 bits per heavy atom. The van der Waals surface area contributed by atoms with Gasteiger partial charge in [-0.2, -0.15) is 0 Å². The van der Waals surface area contributed by atoms with Crippen molar-refractivity contribution in [3.63, 3.8) is 0 Å². The molecule has 0 unspecified atom stereocenters. The second kappa shape index (κ2) is 6.69. The highest BCUT2D eigenvalue weighted by atomic mass is 35.5. The Bertz CT molecular complexity index is 666. The fourth-order valence-electron chi connectivity index (χ4n) is 1.67. The van der Waals surface area contributed by atoms with Gasteiger partial charge in [-0.3, -0.25) is 0 Å². The third-order valence-corrected chi connectivity index (χ3v) is 5.56. The number of nitrogens with one attached hydrogen (secondary N) is 1. The highest BCUT2D eigenvalue weighted by Gasteiger charge is 2.15. The molecule has 0 atom stereocenters. The fraction of sp³-hybridized carbons (Fsp3) is 0.231. The van der Waals surface area contributed by atoms with Gasteiger partial charge < -0.3 is 5.73 Å². The van der Waals surface area contributed by atoms with E-state index in [0.29, 0.717) is 24.5 Å². The molecule has 3 N–H and O–H groups in total. The van der Waals surface area contributed by atoms with Crippen molar-refractivity contribution in [2.75, 3.05) is 6.54 Å². The summed E-state index contributed by atoms with van der Waals surface area (Å²) >= 11 is 7.14. The van der Waals surface area contributed by atoms with Crippen molar-refractivity contribution >= 4 is 33.0 Å². The van der Waals surface area contributed by atoms with Gasteiger partial charge in [-0.1, -0.05) is 23.7 Å². The highest BCUT2D eigenvalue weighted by molar-refractivity contribution is 7.89. The van der Waals surface area contributed by atoms with Gasteiger partial charge >= 0.3 is 0 Å². The Labute approximate surface area is 127 Å². The second-order valence-electron chi connectivity index (χ2n) is 4.23. The average Bonchev–Trinajstić information content (AvgIpc) is 2.90. The Morgan fingerprint density at radius 3 is 2.55 bits per heavy atom. The van der Waals surface area contributed by atoms with Crippen molar-refractivity contribution in [1.29, 1.82) is 0 Å². The van der Waals surface area contributed by atoms with Gasteiger partial charge in [-0.15, -0.1) is 11.3 Å². The number of nitrogens with two attached hydrogens (primary N) is 1. The molecule has 20 heavy (non-hydrogen) atoms.